The van der Waals surface area contributed by atoms with Crippen molar-refractivity contribution in [1.82, 2.24) is 0 Å². The summed E-state index contributed by atoms with van der Waals surface area (Å²) in [6.07, 6.45) is 3.82. The van der Waals surface area contributed by atoms with E-state index in [0.29, 0.717) is 11.3 Å². The largest absolute Gasteiger partial charge is 0.493 e. The summed E-state index contributed by atoms with van der Waals surface area (Å²) >= 11 is 0. The molecule has 1 fully saturated rings. The Bertz CT molecular complexity index is 371. The summed E-state index contributed by atoms with van der Waals surface area (Å²) in [5.41, 5.74) is 7.66. The van der Waals surface area contributed by atoms with Gasteiger partial charge in [-0.1, -0.05) is 18.2 Å². The van der Waals surface area contributed by atoms with E-state index < -0.39 is 0 Å². The van der Waals surface area contributed by atoms with Crippen molar-refractivity contribution >= 4 is 0 Å². The van der Waals surface area contributed by atoms with Crippen molar-refractivity contribution in [3.8, 4) is 5.75 Å². The standard InChI is InChI=1S/C13H17NO/c14-9-13(5-6-13)7-10-8-15-12-4-2-1-3-11(10)12/h1-4,10H,5-9,14H2. The molecule has 1 aliphatic carbocycles. The molecule has 1 heterocycles. The van der Waals surface area contributed by atoms with Crippen LogP contribution in [0.25, 0.3) is 0 Å². The van der Waals surface area contributed by atoms with Gasteiger partial charge in [-0.25, -0.2) is 0 Å². The average molecular weight is 203 g/mol. The fourth-order valence-electron chi connectivity index (χ4n) is 2.59. The molecule has 1 aliphatic heterocycles. The maximum Gasteiger partial charge on any atom is 0.122 e. The Hall–Kier alpha value is -1.02. The van der Waals surface area contributed by atoms with E-state index in [0.717, 1.165) is 18.9 Å². The second kappa shape index (κ2) is 3.24. The summed E-state index contributed by atoms with van der Waals surface area (Å²) in [6.45, 7) is 1.69. The summed E-state index contributed by atoms with van der Waals surface area (Å²) in [7, 11) is 0. The summed E-state index contributed by atoms with van der Waals surface area (Å²) in [5.74, 6) is 1.66. The molecule has 0 saturated heterocycles. The molecule has 0 radical (unpaired) electrons. The van der Waals surface area contributed by atoms with Crippen molar-refractivity contribution in [3.05, 3.63) is 29.8 Å². The van der Waals surface area contributed by atoms with Crippen LogP contribution >= 0.6 is 0 Å². The van der Waals surface area contributed by atoms with Crippen LogP contribution in [0.4, 0.5) is 0 Å². The zero-order valence-corrected chi connectivity index (χ0v) is 8.91. The molecule has 0 amide bonds. The molecule has 0 bridgehead atoms. The molecule has 0 spiro atoms. The number of rotatable bonds is 3. The fourth-order valence-corrected chi connectivity index (χ4v) is 2.59. The van der Waals surface area contributed by atoms with Gasteiger partial charge < -0.3 is 10.5 Å². The zero-order valence-electron chi connectivity index (χ0n) is 8.91. The van der Waals surface area contributed by atoms with Crippen molar-refractivity contribution in [2.45, 2.75) is 25.2 Å². The van der Waals surface area contributed by atoms with Gasteiger partial charge in [0.1, 0.15) is 5.75 Å². The highest BCUT2D eigenvalue weighted by molar-refractivity contribution is 5.39. The molecule has 3 rings (SSSR count). The van der Waals surface area contributed by atoms with E-state index in [1.54, 1.807) is 0 Å². The van der Waals surface area contributed by atoms with E-state index in [9.17, 15) is 0 Å². The van der Waals surface area contributed by atoms with Gasteiger partial charge in [-0.3, -0.25) is 0 Å². The van der Waals surface area contributed by atoms with Crippen LogP contribution in [0, 0.1) is 5.41 Å². The minimum absolute atomic E-state index is 0.450. The van der Waals surface area contributed by atoms with Crippen LogP contribution in [0.15, 0.2) is 24.3 Å². The van der Waals surface area contributed by atoms with Gasteiger partial charge in [0.25, 0.3) is 0 Å². The normalized spacial score (nSPS) is 25.8. The highest BCUT2D eigenvalue weighted by atomic mass is 16.5. The van der Waals surface area contributed by atoms with Gasteiger partial charge in [-0.2, -0.15) is 0 Å². The van der Waals surface area contributed by atoms with Crippen LogP contribution in [0.5, 0.6) is 5.75 Å². The summed E-state index contributed by atoms with van der Waals surface area (Å²) < 4.78 is 5.69. The summed E-state index contributed by atoms with van der Waals surface area (Å²) in [4.78, 5) is 0. The first kappa shape index (κ1) is 9.22. The van der Waals surface area contributed by atoms with E-state index in [1.807, 2.05) is 6.07 Å². The van der Waals surface area contributed by atoms with Gasteiger partial charge in [0.05, 0.1) is 6.61 Å². The third-order valence-corrected chi connectivity index (χ3v) is 3.87. The lowest BCUT2D eigenvalue weighted by molar-refractivity contribution is 0.301. The number of hydrogen-bond donors (Lipinski definition) is 1. The monoisotopic (exact) mass is 203 g/mol. The molecular weight excluding hydrogens is 186 g/mol. The minimum atomic E-state index is 0.450. The summed E-state index contributed by atoms with van der Waals surface area (Å²) in [6, 6.07) is 8.40. The van der Waals surface area contributed by atoms with Crippen LogP contribution in [0.1, 0.15) is 30.7 Å². The molecule has 2 heteroatoms. The number of nitrogens with two attached hydrogens (primary N) is 1. The fraction of sp³-hybridized carbons (Fsp3) is 0.538. The second-order valence-electron chi connectivity index (χ2n) is 4.95. The Morgan fingerprint density at radius 3 is 2.87 bits per heavy atom. The Morgan fingerprint density at radius 2 is 2.13 bits per heavy atom. The lowest BCUT2D eigenvalue weighted by Crippen LogP contribution is -2.19. The first-order valence-corrected chi connectivity index (χ1v) is 5.75. The van der Waals surface area contributed by atoms with Crippen molar-refractivity contribution < 1.29 is 4.74 Å². The first-order valence-electron chi connectivity index (χ1n) is 5.75. The molecule has 15 heavy (non-hydrogen) atoms. The van der Waals surface area contributed by atoms with E-state index >= 15 is 0 Å². The molecule has 2 N–H and O–H groups in total. The SMILES string of the molecule is NCC1(CC2COc3ccccc32)CC1. The smallest absolute Gasteiger partial charge is 0.122 e. The average Bonchev–Trinajstić information content (AvgIpc) is 2.95. The minimum Gasteiger partial charge on any atom is -0.493 e. The van der Waals surface area contributed by atoms with Gasteiger partial charge >= 0.3 is 0 Å². The highest BCUT2D eigenvalue weighted by Gasteiger charge is 2.44. The molecule has 1 aromatic rings. The van der Waals surface area contributed by atoms with Crippen LogP contribution in [-0.4, -0.2) is 13.2 Å². The molecule has 2 nitrogen and oxygen atoms in total. The van der Waals surface area contributed by atoms with Gasteiger partial charge in [-0.15, -0.1) is 0 Å². The topological polar surface area (TPSA) is 35.2 Å². The Kier molecular flexibility index (Phi) is 1.99. The summed E-state index contributed by atoms with van der Waals surface area (Å²) in [5, 5.41) is 0. The second-order valence-corrected chi connectivity index (χ2v) is 4.95. The van der Waals surface area contributed by atoms with Crippen molar-refractivity contribution in [3.63, 3.8) is 0 Å². The van der Waals surface area contributed by atoms with E-state index in [1.165, 1.54) is 24.8 Å². The van der Waals surface area contributed by atoms with Crippen molar-refractivity contribution in [1.29, 1.82) is 0 Å². The molecule has 1 unspecified atom stereocenters. The highest BCUT2D eigenvalue weighted by Crippen LogP contribution is 2.53. The maximum absolute atomic E-state index is 5.83. The van der Waals surface area contributed by atoms with Gasteiger partial charge in [-0.05, 0) is 37.3 Å². The third kappa shape index (κ3) is 1.53. The maximum atomic E-state index is 5.83. The van der Waals surface area contributed by atoms with Gasteiger partial charge in [0.15, 0.2) is 0 Å². The lowest BCUT2D eigenvalue weighted by atomic mass is 9.88. The molecule has 1 atom stereocenters. The number of hydrogen-bond acceptors (Lipinski definition) is 2. The van der Waals surface area contributed by atoms with Crippen molar-refractivity contribution in [2.75, 3.05) is 13.2 Å². The molecule has 1 saturated carbocycles. The Labute approximate surface area is 90.4 Å². The predicted molar refractivity (Wildman–Crippen MR) is 60.0 cm³/mol. The third-order valence-electron chi connectivity index (χ3n) is 3.87. The van der Waals surface area contributed by atoms with Crippen LogP contribution in [-0.2, 0) is 0 Å². The quantitative estimate of drug-likeness (QED) is 0.818. The van der Waals surface area contributed by atoms with E-state index in [2.05, 4.69) is 18.2 Å². The number of benzene rings is 1. The number of fused-ring (bicyclic) bond motifs is 1. The number of para-hydroxylation sites is 1. The Morgan fingerprint density at radius 1 is 1.33 bits per heavy atom. The zero-order chi connectivity index (χ0) is 10.3. The van der Waals surface area contributed by atoms with Crippen LogP contribution in [0.2, 0.25) is 0 Å². The first-order chi connectivity index (χ1) is 7.33. The van der Waals surface area contributed by atoms with Crippen LogP contribution < -0.4 is 10.5 Å². The van der Waals surface area contributed by atoms with Crippen LogP contribution in [0.3, 0.4) is 0 Å². The van der Waals surface area contributed by atoms with Gasteiger partial charge in [0, 0.05) is 11.5 Å². The number of ether oxygens (including phenoxy) is 1. The van der Waals surface area contributed by atoms with E-state index in [-0.39, 0.29) is 0 Å². The molecule has 1 aromatic carbocycles. The molecule has 80 valence electrons. The molecular formula is C13H17NO. The predicted octanol–water partition coefficient (Wildman–Crippen LogP) is 2.29. The Balaban J connectivity index is 1.79. The molecule has 0 aromatic heterocycles. The molecule has 2 aliphatic rings. The lowest BCUT2D eigenvalue weighted by Gasteiger charge is -2.16. The van der Waals surface area contributed by atoms with Gasteiger partial charge in [0.2, 0.25) is 0 Å². The van der Waals surface area contributed by atoms with E-state index in [4.69, 9.17) is 10.5 Å². The van der Waals surface area contributed by atoms with Crippen molar-refractivity contribution in [2.24, 2.45) is 11.1 Å².